The van der Waals surface area contributed by atoms with Gasteiger partial charge in [0, 0.05) is 49.3 Å². The standard InChI is InChI=1S/C39H47Cl2N5O3/c1-6-49-33-25-29(38(2,3)4)13-18-32(33)36-42-39(5,28-11-16-31(41)17-12-28)35(27-9-14-30(40)15-10-27)46(36)37(48)45-23-21-43(22-24-45)26-34(47)44-19-7-8-20-44/h9-18,25,35H,6-8,19-24,26H2,1-5H3/t35-,39+/m1/s1. The number of likely N-dealkylation sites (tertiary alicyclic amines) is 1. The highest BCUT2D eigenvalue weighted by molar-refractivity contribution is 6.30. The molecule has 0 unspecified atom stereocenters. The molecule has 260 valence electrons. The van der Waals surface area contributed by atoms with Crippen LogP contribution in [0.15, 0.2) is 71.7 Å². The monoisotopic (exact) mass is 703 g/mol. The summed E-state index contributed by atoms with van der Waals surface area (Å²) in [6.07, 6.45) is 2.14. The number of hydrogen-bond donors (Lipinski definition) is 0. The minimum absolute atomic E-state index is 0.100. The van der Waals surface area contributed by atoms with Crippen LogP contribution in [0, 0.1) is 0 Å². The molecular formula is C39H47Cl2N5O3. The highest BCUT2D eigenvalue weighted by Crippen LogP contribution is 2.50. The molecule has 2 saturated heterocycles. The van der Waals surface area contributed by atoms with Crippen molar-refractivity contribution in [1.82, 2.24) is 19.6 Å². The van der Waals surface area contributed by atoms with Gasteiger partial charge in [0.25, 0.3) is 0 Å². The Morgan fingerprint density at radius 3 is 2.06 bits per heavy atom. The van der Waals surface area contributed by atoms with Crippen LogP contribution in [-0.2, 0) is 15.7 Å². The number of hydrogen-bond acceptors (Lipinski definition) is 5. The SMILES string of the molecule is CCOc1cc(C(C)(C)C)ccc1C1=N[C@@](C)(c2ccc(Cl)cc2)[C@@H](c2ccc(Cl)cc2)N1C(=O)N1CCN(CC(=O)N2CCCC2)CC1. The van der Waals surface area contributed by atoms with Crippen molar-refractivity contribution in [3.63, 3.8) is 0 Å². The van der Waals surface area contributed by atoms with Crippen LogP contribution in [0.5, 0.6) is 5.75 Å². The van der Waals surface area contributed by atoms with Gasteiger partial charge in [0.15, 0.2) is 0 Å². The van der Waals surface area contributed by atoms with Gasteiger partial charge in [0.05, 0.1) is 24.8 Å². The molecule has 0 N–H and O–H groups in total. The maximum atomic E-state index is 15.0. The number of ether oxygens (including phenoxy) is 1. The van der Waals surface area contributed by atoms with E-state index in [9.17, 15) is 4.79 Å². The molecule has 49 heavy (non-hydrogen) atoms. The molecule has 0 bridgehead atoms. The normalized spacial score (nSPS) is 21.7. The molecule has 6 rings (SSSR count). The van der Waals surface area contributed by atoms with E-state index in [1.165, 1.54) is 0 Å². The first kappa shape index (κ1) is 35.2. The Balaban J connectivity index is 1.42. The molecular weight excluding hydrogens is 657 g/mol. The predicted molar refractivity (Wildman–Crippen MR) is 197 cm³/mol. The maximum Gasteiger partial charge on any atom is 0.326 e. The van der Waals surface area contributed by atoms with Crippen LogP contribution >= 0.6 is 23.2 Å². The van der Waals surface area contributed by atoms with Crippen LogP contribution in [0.25, 0.3) is 0 Å². The molecule has 3 aromatic rings. The second-order valence-corrected chi connectivity index (χ2v) is 15.3. The van der Waals surface area contributed by atoms with Gasteiger partial charge in [-0.1, -0.05) is 74.3 Å². The van der Waals surface area contributed by atoms with Gasteiger partial charge in [0.2, 0.25) is 5.91 Å². The molecule has 3 aliphatic heterocycles. The van der Waals surface area contributed by atoms with Crippen LogP contribution in [0.4, 0.5) is 4.79 Å². The lowest BCUT2D eigenvalue weighted by atomic mass is 9.81. The molecule has 3 aliphatic rings. The summed E-state index contributed by atoms with van der Waals surface area (Å²) in [5.74, 6) is 1.42. The Hall–Kier alpha value is -3.59. The van der Waals surface area contributed by atoms with E-state index < -0.39 is 11.6 Å². The zero-order chi connectivity index (χ0) is 34.9. The lowest BCUT2D eigenvalue weighted by molar-refractivity contribution is -0.131. The number of aliphatic imine (C=N–C) groups is 1. The van der Waals surface area contributed by atoms with Gasteiger partial charge in [-0.2, -0.15) is 0 Å². The second kappa shape index (κ2) is 14.3. The third-order valence-electron chi connectivity index (χ3n) is 10.0. The average molecular weight is 705 g/mol. The summed E-state index contributed by atoms with van der Waals surface area (Å²) in [4.78, 5) is 41.3. The van der Waals surface area contributed by atoms with Gasteiger partial charge >= 0.3 is 6.03 Å². The number of carbonyl (C=O) groups excluding carboxylic acids is 2. The number of nitrogens with zero attached hydrogens (tertiary/aromatic N) is 5. The third-order valence-corrected chi connectivity index (χ3v) is 10.5. The van der Waals surface area contributed by atoms with E-state index in [0.29, 0.717) is 61.0 Å². The topological polar surface area (TPSA) is 68.7 Å². The number of benzene rings is 3. The lowest BCUT2D eigenvalue weighted by Crippen LogP contribution is -2.56. The van der Waals surface area contributed by atoms with E-state index in [1.54, 1.807) is 0 Å². The average Bonchev–Trinajstić information content (AvgIpc) is 3.73. The fourth-order valence-corrected chi connectivity index (χ4v) is 7.44. The van der Waals surface area contributed by atoms with E-state index in [4.69, 9.17) is 32.9 Å². The third kappa shape index (κ3) is 7.33. The van der Waals surface area contributed by atoms with Gasteiger partial charge in [-0.25, -0.2) is 4.79 Å². The van der Waals surface area contributed by atoms with Gasteiger partial charge < -0.3 is 14.5 Å². The number of carbonyl (C=O) groups is 2. The first-order valence-corrected chi connectivity index (χ1v) is 18.1. The van der Waals surface area contributed by atoms with Crippen LogP contribution in [0.1, 0.15) is 75.8 Å². The van der Waals surface area contributed by atoms with E-state index >= 15 is 4.79 Å². The van der Waals surface area contributed by atoms with Crippen molar-refractivity contribution in [2.45, 2.75) is 64.5 Å². The summed E-state index contributed by atoms with van der Waals surface area (Å²) in [5, 5.41) is 1.24. The smallest absolute Gasteiger partial charge is 0.326 e. The summed E-state index contributed by atoms with van der Waals surface area (Å²) in [7, 11) is 0. The number of piperazine rings is 1. The number of rotatable bonds is 7. The molecule has 0 saturated carbocycles. The van der Waals surface area contributed by atoms with Gasteiger partial charge in [-0.15, -0.1) is 0 Å². The number of amidine groups is 1. The number of halogens is 2. The van der Waals surface area contributed by atoms with Crippen LogP contribution in [-0.4, -0.2) is 89.8 Å². The predicted octanol–water partition coefficient (Wildman–Crippen LogP) is 7.77. The molecule has 0 aromatic heterocycles. The Morgan fingerprint density at radius 2 is 1.47 bits per heavy atom. The Bertz CT molecular complexity index is 1690. The number of urea groups is 1. The summed E-state index contributed by atoms with van der Waals surface area (Å²) in [6, 6.07) is 21.0. The van der Waals surface area contributed by atoms with Crippen LogP contribution in [0.2, 0.25) is 10.0 Å². The van der Waals surface area contributed by atoms with Crippen molar-refractivity contribution >= 4 is 41.0 Å². The van der Waals surface area contributed by atoms with E-state index in [0.717, 1.165) is 48.2 Å². The molecule has 3 amide bonds. The molecule has 2 atom stereocenters. The number of amides is 3. The lowest BCUT2D eigenvalue weighted by Gasteiger charge is -2.40. The Labute approximate surface area is 300 Å². The van der Waals surface area contributed by atoms with E-state index in [-0.39, 0.29) is 17.4 Å². The molecule has 3 aromatic carbocycles. The first-order valence-electron chi connectivity index (χ1n) is 17.4. The fraction of sp³-hybridized carbons (Fsp3) is 0.462. The summed E-state index contributed by atoms with van der Waals surface area (Å²) in [6.45, 7) is 15.3. The first-order chi connectivity index (χ1) is 23.4. The molecule has 0 aliphatic carbocycles. The zero-order valence-corrected chi connectivity index (χ0v) is 30.7. The summed E-state index contributed by atoms with van der Waals surface area (Å²) >= 11 is 12.7. The van der Waals surface area contributed by atoms with Crippen molar-refractivity contribution in [3.8, 4) is 5.75 Å². The minimum Gasteiger partial charge on any atom is -0.493 e. The Morgan fingerprint density at radius 1 is 0.857 bits per heavy atom. The molecule has 8 nitrogen and oxygen atoms in total. The quantitative estimate of drug-likeness (QED) is 0.252. The second-order valence-electron chi connectivity index (χ2n) is 14.4. The van der Waals surface area contributed by atoms with Gasteiger partial charge in [0.1, 0.15) is 17.1 Å². The van der Waals surface area contributed by atoms with Crippen molar-refractivity contribution < 1.29 is 14.3 Å². The van der Waals surface area contributed by atoms with E-state index in [2.05, 4.69) is 44.7 Å². The van der Waals surface area contributed by atoms with Gasteiger partial charge in [-0.05, 0) is 85.2 Å². The van der Waals surface area contributed by atoms with Crippen molar-refractivity contribution in [2.75, 3.05) is 52.4 Å². The minimum atomic E-state index is -0.875. The summed E-state index contributed by atoms with van der Waals surface area (Å²) < 4.78 is 6.29. The highest BCUT2D eigenvalue weighted by atomic mass is 35.5. The highest BCUT2D eigenvalue weighted by Gasteiger charge is 2.52. The molecule has 0 radical (unpaired) electrons. The molecule has 0 spiro atoms. The fourth-order valence-electron chi connectivity index (χ4n) is 7.18. The Kier molecular flexibility index (Phi) is 10.3. The van der Waals surface area contributed by atoms with Crippen molar-refractivity contribution in [2.24, 2.45) is 4.99 Å². The zero-order valence-electron chi connectivity index (χ0n) is 29.2. The molecule has 3 heterocycles. The van der Waals surface area contributed by atoms with E-state index in [1.807, 2.05) is 76.2 Å². The maximum absolute atomic E-state index is 15.0. The van der Waals surface area contributed by atoms with Crippen LogP contribution < -0.4 is 4.74 Å². The largest absolute Gasteiger partial charge is 0.493 e. The van der Waals surface area contributed by atoms with Crippen LogP contribution in [0.3, 0.4) is 0 Å². The van der Waals surface area contributed by atoms with Gasteiger partial charge in [-0.3, -0.25) is 19.6 Å². The van der Waals surface area contributed by atoms with Crippen molar-refractivity contribution in [3.05, 3.63) is 99.0 Å². The van der Waals surface area contributed by atoms with Crippen molar-refractivity contribution in [1.29, 1.82) is 0 Å². The molecule has 2 fully saturated rings. The molecule has 10 heteroatoms. The summed E-state index contributed by atoms with van der Waals surface area (Å²) in [5.41, 5.74) is 2.75.